The molecule has 2 nitrogen and oxygen atoms in total. The summed E-state index contributed by atoms with van der Waals surface area (Å²) in [6, 6.07) is 13.5. The average Bonchev–Trinajstić information content (AvgIpc) is 2.45. The number of benzene rings is 2. The summed E-state index contributed by atoms with van der Waals surface area (Å²) >= 11 is 9.45. The molecule has 4 heteroatoms. The molecular weight excluding hydrogens is 338 g/mol. The third kappa shape index (κ3) is 2.60. The van der Waals surface area contributed by atoms with Gasteiger partial charge in [0.25, 0.3) is 5.91 Å². The van der Waals surface area contributed by atoms with Crippen molar-refractivity contribution >= 4 is 33.4 Å². The highest BCUT2D eigenvalue weighted by Gasteiger charge is 2.24. The van der Waals surface area contributed by atoms with E-state index in [0.29, 0.717) is 11.6 Å². The van der Waals surface area contributed by atoms with Crippen LogP contribution in [0.4, 0.5) is 0 Å². The number of hydrogen-bond donors (Lipinski definition) is 0. The van der Waals surface area contributed by atoms with Gasteiger partial charge in [0.15, 0.2) is 0 Å². The molecule has 0 atom stereocenters. The fourth-order valence-electron chi connectivity index (χ4n) is 2.48. The molecule has 2 aromatic rings. The SMILES string of the molecule is O=C1c2ccccc2CCN1Cc1ccc(Cl)cc1Br. The summed E-state index contributed by atoms with van der Waals surface area (Å²) in [5.41, 5.74) is 3.04. The van der Waals surface area contributed by atoms with Crippen molar-refractivity contribution < 1.29 is 4.79 Å². The number of carbonyl (C=O) groups is 1. The van der Waals surface area contributed by atoms with Crippen LogP contribution in [0.2, 0.25) is 5.02 Å². The van der Waals surface area contributed by atoms with E-state index < -0.39 is 0 Å². The first-order valence-electron chi connectivity index (χ1n) is 6.46. The third-order valence-corrected chi connectivity index (χ3v) is 4.54. The van der Waals surface area contributed by atoms with Crippen molar-refractivity contribution in [1.29, 1.82) is 0 Å². The Kier molecular flexibility index (Phi) is 3.81. The standard InChI is InChI=1S/C16H13BrClNO/c17-15-9-13(18)6-5-12(15)10-19-8-7-11-3-1-2-4-14(11)16(19)20/h1-6,9H,7-8,10H2. The van der Waals surface area contributed by atoms with Gasteiger partial charge in [-0.1, -0.05) is 51.8 Å². The highest BCUT2D eigenvalue weighted by Crippen LogP contribution is 2.25. The Morgan fingerprint density at radius 1 is 1.20 bits per heavy atom. The van der Waals surface area contributed by atoms with Crippen LogP contribution in [-0.4, -0.2) is 17.4 Å². The molecule has 0 N–H and O–H groups in total. The minimum absolute atomic E-state index is 0.105. The fourth-order valence-corrected chi connectivity index (χ4v) is 3.29. The maximum Gasteiger partial charge on any atom is 0.254 e. The molecule has 0 saturated carbocycles. The van der Waals surface area contributed by atoms with Crippen LogP contribution in [0.3, 0.4) is 0 Å². The summed E-state index contributed by atoms with van der Waals surface area (Å²) in [5.74, 6) is 0.105. The predicted octanol–water partition coefficient (Wildman–Crippen LogP) is 4.30. The number of rotatable bonds is 2. The minimum atomic E-state index is 0.105. The van der Waals surface area contributed by atoms with Crippen LogP contribution in [0, 0.1) is 0 Å². The zero-order chi connectivity index (χ0) is 14.1. The first-order chi connectivity index (χ1) is 9.65. The average molecular weight is 351 g/mol. The molecule has 20 heavy (non-hydrogen) atoms. The van der Waals surface area contributed by atoms with Gasteiger partial charge in [0, 0.05) is 28.1 Å². The molecule has 0 saturated heterocycles. The molecule has 1 amide bonds. The molecule has 1 heterocycles. The maximum absolute atomic E-state index is 12.5. The Labute approximate surface area is 131 Å². The number of amides is 1. The Morgan fingerprint density at radius 3 is 2.80 bits per heavy atom. The number of hydrogen-bond acceptors (Lipinski definition) is 1. The second-order valence-corrected chi connectivity index (χ2v) is 6.16. The lowest BCUT2D eigenvalue weighted by Gasteiger charge is -2.29. The molecule has 3 rings (SSSR count). The van der Waals surface area contributed by atoms with E-state index in [1.54, 1.807) is 0 Å². The molecule has 0 aliphatic carbocycles. The van der Waals surface area contributed by atoms with Crippen molar-refractivity contribution in [2.45, 2.75) is 13.0 Å². The summed E-state index contributed by atoms with van der Waals surface area (Å²) in [6.45, 7) is 1.36. The van der Waals surface area contributed by atoms with Crippen molar-refractivity contribution in [2.75, 3.05) is 6.54 Å². The number of carbonyl (C=O) groups excluding carboxylic acids is 1. The fraction of sp³-hybridized carbons (Fsp3) is 0.188. The second-order valence-electron chi connectivity index (χ2n) is 4.87. The van der Waals surface area contributed by atoms with Gasteiger partial charge in [-0.3, -0.25) is 4.79 Å². The minimum Gasteiger partial charge on any atom is -0.334 e. The lowest BCUT2D eigenvalue weighted by molar-refractivity contribution is 0.0726. The monoisotopic (exact) mass is 349 g/mol. The van der Waals surface area contributed by atoms with E-state index in [4.69, 9.17) is 11.6 Å². The van der Waals surface area contributed by atoms with Crippen molar-refractivity contribution in [1.82, 2.24) is 4.90 Å². The van der Waals surface area contributed by atoms with E-state index >= 15 is 0 Å². The second kappa shape index (κ2) is 5.58. The normalized spacial score (nSPS) is 14.3. The van der Waals surface area contributed by atoms with E-state index in [0.717, 1.165) is 34.1 Å². The van der Waals surface area contributed by atoms with Crippen LogP contribution < -0.4 is 0 Å². The summed E-state index contributed by atoms with van der Waals surface area (Å²) in [4.78, 5) is 14.4. The molecule has 0 fully saturated rings. The molecule has 1 aliphatic rings. The van der Waals surface area contributed by atoms with Gasteiger partial charge >= 0.3 is 0 Å². The summed E-state index contributed by atoms with van der Waals surface area (Å²) in [7, 11) is 0. The van der Waals surface area contributed by atoms with Gasteiger partial charge in [-0.25, -0.2) is 0 Å². The number of halogens is 2. The van der Waals surface area contributed by atoms with Crippen LogP contribution in [0.25, 0.3) is 0 Å². The first-order valence-corrected chi connectivity index (χ1v) is 7.63. The van der Waals surface area contributed by atoms with Crippen molar-refractivity contribution in [3.05, 3.63) is 68.7 Å². The van der Waals surface area contributed by atoms with E-state index in [9.17, 15) is 4.79 Å². The zero-order valence-corrected chi connectivity index (χ0v) is 13.1. The van der Waals surface area contributed by atoms with E-state index in [1.807, 2.05) is 47.4 Å². The first kappa shape index (κ1) is 13.7. The van der Waals surface area contributed by atoms with Gasteiger partial charge in [-0.2, -0.15) is 0 Å². The van der Waals surface area contributed by atoms with Gasteiger partial charge in [-0.15, -0.1) is 0 Å². The van der Waals surface area contributed by atoms with E-state index in [1.165, 1.54) is 0 Å². The van der Waals surface area contributed by atoms with Gasteiger partial charge in [0.1, 0.15) is 0 Å². The maximum atomic E-state index is 12.5. The molecule has 1 aliphatic heterocycles. The van der Waals surface area contributed by atoms with Gasteiger partial charge in [0.2, 0.25) is 0 Å². The molecule has 0 aromatic heterocycles. The molecule has 2 aromatic carbocycles. The van der Waals surface area contributed by atoms with Crippen LogP contribution in [0.1, 0.15) is 21.5 Å². The Morgan fingerprint density at radius 2 is 2.00 bits per heavy atom. The van der Waals surface area contributed by atoms with Crippen LogP contribution in [-0.2, 0) is 13.0 Å². The van der Waals surface area contributed by atoms with E-state index in [2.05, 4.69) is 15.9 Å². The Balaban J connectivity index is 1.85. The lowest BCUT2D eigenvalue weighted by Crippen LogP contribution is -2.37. The highest BCUT2D eigenvalue weighted by molar-refractivity contribution is 9.10. The molecular formula is C16H13BrClNO. The number of fused-ring (bicyclic) bond motifs is 1. The highest BCUT2D eigenvalue weighted by atomic mass is 79.9. The largest absolute Gasteiger partial charge is 0.334 e. The van der Waals surface area contributed by atoms with Crippen molar-refractivity contribution in [3.8, 4) is 0 Å². The molecule has 0 bridgehead atoms. The quantitative estimate of drug-likeness (QED) is 0.791. The molecule has 0 unspecified atom stereocenters. The van der Waals surface area contributed by atoms with Crippen LogP contribution in [0.5, 0.6) is 0 Å². The zero-order valence-electron chi connectivity index (χ0n) is 10.8. The molecule has 102 valence electrons. The summed E-state index contributed by atoms with van der Waals surface area (Å²) < 4.78 is 0.941. The molecule has 0 spiro atoms. The topological polar surface area (TPSA) is 20.3 Å². The van der Waals surface area contributed by atoms with E-state index in [-0.39, 0.29) is 5.91 Å². The van der Waals surface area contributed by atoms with Gasteiger partial charge < -0.3 is 4.90 Å². The smallest absolute Gasteiger partial charge is 0.254 e. The predicted molar refractivity (Wildman–Crippen MR) is 84.0 cm³/mol. The van der Waals surface area contributed by atoms with Crippen LogP contribution in [0.15, 0.2) is 46.9 Å². The third-order valence-electron chi connectivity index (χ3n) is 3.56. The molecule has 0 radical (unpaired) electrons. The van der Waals surface area contributed by atoms with Crippen molar-refractivity contribution in [2.24, 2.45) is 0 Å². The number of nitrogens with zero attached hydrogens (tertiary/aromatic N) is 1. The van der Waals surface area contributed by atoms with Gasteiger partial charge in [-0.05, 0) is 35.7 Å². The van der Waals surface area contributed by atoms with Gasteiger partial charge in [0.05, 0.1) is 0 Å². The summed E-state index contributed by atoms with van der Waals surface area (Å²) in [5, 5.41) is 0.691. The summed E-state index contributed by atoms with van der Waals surface area (Å²) in [6.07, 6.45) is 0.910. The Bertz CT molecular complexity index is 671. The Hall–Kier alpha value is -1.32. The van der Waals surface area contributed by atoms with Crippen molar-refractivity contribution in [3.63, 3.8) is 0 Å². The van der Waals surface area contributed by atoms with Crippen LogP contribution >= 0.6 is 27.5 Å². The lowest BCUT2D eigenvalue weighted by atomic mass is 9.99.